The average Bonchev–Trinajstić information content (AvgIpc) is 2.85. The molecule has 2 aliphatic rings. The molecule has 6 nitrogen and oxygen atoms in total. The summed E-state index contributed by atoms with van der Waals surface area (Å²) in [6, 6.07) is 1.53. The number of H-pyrrole nitrogens is 1. The van der Waals surface area contributed by atoms with Crippen molar-refractivity contribution in [1.29, 1.82) is 0 Å². The predicted octanol–water partition coefficient (Wildman–Crippen LogP) is 0.771. The van der Waals surface area contributed by atoms with E-state index >= 15 is 0 Å². The van der Waals surface area contributed by atoms with Crippen LogP contribution in [0.25, 0.3) is 0 Å². The standard InChI is InChI=1S/C16H22N2O4/c1-8-6-12(19)17-9(2)13(8)16(20)18-14-10-4-5-22-15(10)11(14)7-21-3/h6,10-11,14-15H,4-5,7H2,1-3H3,(H,17,19)(H,18,20)/t10-,11+,14-,15-/m0/s1. The fourth-order valence-electron chi connectivity index (χ4n) is 3.86. The van der Waals surface area contributed by atoms with Crippen molar-refractivity contribution >= 4 is 5.91 Å². The number of nitrogens with one attached hydrogen (secondary N) is 2. The van der Waals surface area contributed by atoms with Crippen molar-refractivity contribution < 1.29 is 14.3 Å². The molecule has 0 aromatic carbocycles. The second-order valence-electron chi connectivity index (χ2n) is 6.22. The van der Waals surface area contributed by atoms with Crippen LogP contribution in [0.15, 0.2) is 10.9 Å². The van der Waals surface area contributed by atoms with Crippen LogP contribution < -0.4 is 10.9 Å². The topological polar surface area (TPSA) is 80.4 Å². The predicted molar refractivity (Wildman–Crippen MR) is 81.0 cm³/mol. The summed E-state index contributed by atoms with van der Waals surface area (Å²) in [7, 11) is 1.66. The van der Waals surface area contributed by atoms with Gasteiger partial charge in [0.2, 0.25) is 5.56 Å². The summed E-state index contributed by atoms with van der Waals surface area (Å²) in [6.45, 7) is 4.86. The molecule has 1 aliphatic heterocycles. The zero-order chi connectivity index (χ0) is 15.9. The van der Waals surface area contributed by atoms with E-state index in [2.05, 4.69) is 10.3 Å². The number of fused-ring (bicyclic) bond motifs is 1. The van der Waals surface area contributed by atoms with E-state index in [9.17, 15) is 9.59 Å². The molecule has 3 rings (SSSR count). The van der Waals surface area contributed by atoms with Crippen LogP contribution in [0.1, 0.15) is 28.0 Å². The highest BCUT2D eigenvalue weighted by molar-refractivity contribution is 5.96. The number of amides is 1. The molecule has 22 heavy (non-hydrogen) atoms. The van der Waals surface area contributed by atoms with E-state index in [1.807, 2.05) is 0 Å². The molecular formula is C16H22N2O4. The molecule has 2 N–H and O–H groups in total. The number of pyridine rings is 1. The van der Waals surface area contributed by atoms with Gasteiger partial charge in [-0.1, -0.05) is 0 Å². The minimum atomic E-state index is -0.184. The van der Waals surface area contributed by atoms with Gasteiger partial charge in [0.25, 0.3) is 5.91 Å². The number of methoxy groups -OCH3 is 1. The van der Waals surface area contributed by atoms with Gasteiger partial charge < -0.3 is 19.8 Å². The molecule has 4 atom stereocenters. The maximum atomic E-state index is 12.6. The van der Waals surface area contributed by atoms with Crippen LogP contribution in [0.5, 0.6) is 0 Å². The third kappa shape index (κ3) is 2.46. The zero-order valence-electron chi connectivity index (χ0n) is 13.1. The number of carbonyl (C=O) groups is 1. The molecule has 2 fully saturated rings. The second-order valence-corrected chi connectivity index (χ2v) is 6.22. The lowest BCUT2D eigenvalue weighted by Gasteiger charge is -2.47. The maximum Gasteiger partial charge on any atom is 0.253 e. The number of ether oxygens (including phenoxy) is 2. The SMILES string of the molecule is COC[C@@H]1[C@@H](NC(=O)c2c(C)cc(=O)[nH]c2C)[C@@H]2CCO[C@H]12. The van der Waals surface area contributed by atoms with Crippen LogP contribution in [0, 0.1) is 25.7 Å². The Morgan fingerprint density at radius 1 is 1.50 bits per heavy atom. The van der Waals surface area contributed by atoms with E-state index < -0.39 is 0 Å². The molecule has 6 heteroatoms. The van der Waals surface area contributed by atoms with Crippen molar-refractivity contribution in [3.05, 3.63) is 33.2 Å². The molecule has 0 radical (unpaired) electrons. The van der Waals surface area contributed by atoms with E-state index in [1.54, 1.807) is 21.0 Å². The fourth-order valence-corrected chi connectivity index (χ4v) is 3.86. The number of hydrogen-bond acceptors (Lipinski definition) is 4. The van der Waals surface area contributed by atoms with E-state index in [1.165, 1.54) is 6.07 Å². The van der Waals surface area contributed by atoms with Gasteiger partial charge in [0.05, 0.1) is 18.3 Å². The van der Waals surface area contributed by atoms with E-state index in [0.717, 1.165) is 13.0 Å². The van der Waals surface area contributed by atoms with Crippen LogP contribution in [0.2, 0.25) is 0 Å². The lowest BCUT2D eigenvalue weighted by molar-refractivity contribution is -0.0809. The Morgan fingerprint density at radius 3 is 2.95 bits per heavy atom. The lowest BCUT2D eigenvalue weighted by atomic mass is 9.67. The van der Waals surface area contributed by atoms with Gasteiger partial charge in [-0.05, 0) is 25.8 Å². The average molecular weight is 306 g/mol. The van der Waals surface area contributed by atoms with E-state index in [0.29, 0.717) is 29.3 Å². The Labute approximate surface area is 129 Å². The highest BCUT2D eigenvalue weighted by Crippen LogP contribution is 2.43. The third-order valence-electron chi connectivity index (χ3n) is 4.84. The molecule has 1 amide bonds. The largest absolute Gasteiger partial charge is 0.384 e. The van der Waals surface area contributed by atoms with Gasteiger partial charge in [-0.2, -0.15) is 0 Å². The van der Waals surface area contributed by atoms with Crippen molar-refractivity contribution in [1.82, 2.24) is 10.3 Å². The van der Waals surface area contributed by atoms with Crippen LogP contribution in [0.4, 0.5) is 0 Å². The third-order valence-corrected chi connectivity index (χ3v) is 4.84. The summed E-state index contributed by atoms with van der Waals surface area (Å²) in [5.74, 6) is 0.431. The molecule has 120 valence electrons. The molecule has 1 aromatic heterocycles. The van der Waals surface area contributed by atoms with E-state index in [4.69, 9.17) is 9.47 Å². The molecule has 1 aliphatic carbocycles. The Bertz CT molecular complexity index is 613. The first-order chi connectivity index (χ1) is 10.5. The Kier molecular flexibility index (Phi) is 4.06. The highest BCUT2D eigenvalue weighted by atomic mass is 16.5. The van der Waals surface area contributed by atoms with Gasteiger partial charge in [-0.3, -0.25) is 9.59 Å². The van der Waals surface area contributed by atoms with E-state index in [-0.39, 0.29) is 29.5 Å². The van der Waals surface area contributed by atoms with Crippen LogP contribution in [-0.4, -0.2) is 43.4 Å². The normalized spacial score (nSPS) is 29.8. The van der Waals surface area contributed by atoms with Gasteiger partial charge in [0.1, 0.15) is 0 Å². The van der Waals surface area contributed by atoms with Crippen molar-refractivity contribution in [3.8, 4) is 0 Å². The van der Waals surface area contributed by atoms with Crippen LogP contribution in [-0.2, 0) is 9.47 Å². The van der Waals surface area contributed by atoms with Gasteiger partial charge in [-0.25, -0.2) is 0 Å². The van der Waals surface area contributed by atoms with Gasteiger partial charge in [0, 0.05) is 43.4 Å². The summed E-state index contributed by atoms with van der Waals surface area (Å²) < 4.78 is 11.0. The smallest absolute Gasteiger partial charge is 0.253 e. The van der Waals surface area contributed by atoms with Crippen molar-refractivity contribution in [2.45, 2.75) is 32.4 Å². The summed E-state index contributed by atoms with van der Waals surface area (Å²) in [5, 5.41) is 3.12. The summed E-state index contributed by atoms with van der Waals surface area (Å²) in [5.41, 5.74) is 1.67. The number of rotatable bonds is 4. The molecule has 0 unspecified atom stereocenters. The summed E-state index contributed by atoms with van der Waals surface area (Å²) in [6.07, 6.45) is 1.17. The molecule has 1 saturated carbocycles. The minimum absolute atomic E-state index is 0.0747. The van der Waals surface area contributed by atoms with Crippen molar-refractivity contribution in [3.63, 3.8) is 0 Å². The van der Waals surface area contributed by atoms with Gasteiger partial charge in [0.15, 0.2) is 0 Å². The van der Waals surface area contributed by atoms with Crippen LogP contribution >= 0.6 is 0 Å². The summed E-state index contributed by atoms with van der Waals surface area (Å²) in [4.78, 5) is 26.8. The number of carbonyl (C=O) groups excluding carboxylic acids is 1. The zero-order valence-corrected chi connectivity index (χ0v) is 13.1. The molecule has 0 bridgehead atoms. The number of aryl methyl sites for hydroxylation is 2. The molecular weight excluding hydrogens is 284 g/mol. The minimum Gasteiger partial charge on any atom is -0.384 e. The van der Waals surface area contributed by atoms with Gasteiger partial charge in [-0.15, -0.1) is 0 Å². The number of aromatic nitrogens is 1. The monoisotopic (exact) mass is 306 g/mol. The first kappa shape index (κ1) is 15.2. The van der Waals surface area contributed by atoms with Crippen LogP contribution in [0.3, 0.4) is 0 Å². The first-order valence-corrected chi connectivity index (χ1v) is 7.65. The number of aromatic amines is 1. The molecule has 2 heterocycles. The fraction of sp³-hybridized carbons (Fsp3) is 0.625. The lowest BCUT2D eigenvalue weighted by Crippen LogP contribution is -2.62. The molecule has 1 saturated heterocycles. The van der Waals surface area contributed by atoms with Crippen molar-refractivity contribution in [2.75, 3.05) is 20.3 Å². The maximum absolute atomic E-state index is 12.6. The van der Waals surface area contributed by atoms with Crippen molar-refractivity contribution in [2.24, 2.45) is 11.8 Å². The summed E-state index contributed by atoms with van der Waals surface area (Å²) >= 11 is 0. The van der Waals surface area contributed by atoms with Gasteiger partial charge >= 0.3 is 0 Å². The number of hydrogen-bond donors (Lipinski definition) is 2. The Balaban J connectivity index is 1.78. The second kappa shape index (κ2) is 5.85. The first-order valence-electron chi connectivity index (χ1n) is 7.65. The molecule has 1 aromatic rings. The highest BCUT2D eigenvalue weighted by Gasteiger charge is 2.54. The Morgan fingerprint density at radius 2 is 2.27 bits per heavy atom. The Hall–Kier alpha value is -1.66. The quantitative estimate of drug-likeness (QED) is 0.861. The molecule has 0 spiro atoms.